The number of likely N-dealkylation sites (tertiary alicyclic amines) is 1. The summed E-state index contributed by atoms with van der Waals surface area (Å²) in [5.74, 6) is 0.216. The fourth-order valence-corrected chi connectivity index (χ4v) is 3.54. The lowest BCUT2D eigenvalue weighted by atomic mass is 10.0. The Bertz CT molecular complexity index is 641. The molecule has 3 nitrogen and oxygen atoms in total. The molecule has 0 saturated carbocycles. The number of rotatable bonds is 5. The molecule has 2 aromatic carbocycles. The van der Waals surface area contributed by atoms with Crippen LogP contribution in [0.15, 0.2) is 60.7 Å². The standard InChI is InChI=1S/C21H26N2O/c1-2-21(24)23(19-12-7-4-8-13-19)20-14-9-15-22(17-20)16-18-10-5-3-6-11-18/h3-8,10-13,20H,2,9,14-17H2,1H3/t20-/m1/s1. The number of carbonyl (C=O) groups excluding carboxylic acids is 1. The molecule has 0 N–H and O–H groups in total. The second kappa shape index (κ2) is 8.11. The third kappa shape index (κ3) is 4.04. The molecule has 1 aliphatic heterocycles. The molecule has 2 aromatic rings. The Hall–Kier alpha value is -2.13. The normalized spacial score (nSPS) is 18.3. The molecule has 0 spiro atoms. The molecular formula is C21H26N2O. The van der Waals surface area contributed by atoms with Crippen molar-refractivity contribution >= 4 is 11.6 Å². The molecule has 1 atom stereocenters. The van der Waals surface area contributed by atoms with Crippen molar-refractivity contribution in [1.82, 2.24) is 4.90 Å². The van der Waals surface area contributed by atoms with E-state index in [4.69, 9.17) is 0 Å². The van der Waals surface area contributed by atoms with Crippen LogP contribution in [0.1, 0.15) is 31.7 Å². The number of amides is 1. The zero-order valence-electron chi connectivity index (χ0n) is 14.4. The quantitative estimate of drug-likeness (QED) is 0.827. The van der Waals surface area contributed by atoms with Crippen molar-refractivity contribution in [2.24, 2.45) is 0 Å². The number of anilines is 1. The van der Waals surface area contributed by atoms with Crippen LogP contribution in [0.4, 0.5) is 5.69 Å². The Morgan fingerprint density at radius 3 is 2.42 bits per heavy atom. The van der Waals surface area contributed by atoms with Crippen LogP contribution in [-0.2, 0) is 11.3 Å². The second-order valence-electron chi connectivity index (χ2n) is 6.47. The number of hydrogen-bond donors (Lipinski definition) is 0. The smallest absolute Gasteiger partial charge is 0.227 e. The summed E-state index contributed by atoms with van der Waals surface area (Å²) in [4.78, 5) is 17.1. The lowest BCUT2D eigenvalue weighted by Gasteiger charge is -2.39. The van der Waals surface area contributed by atoms with Gasteiger partial charge in [0.15, 0.2) is 0 Å². The van der Waals surface area contributed by atoms with Gasteiger partial charge in [-0.05, 0) is 37.1 Å². The SMILES string of the molecule is CCC(=O)N(c1ccccc1)[C@@H]1CCCN(Cc2ccccc2)C1. The Labute approximate surface area is 144 Å². The summed E-state index contributed by atoms with van der Waals surface area (Å²) < 4.78 is 0. The average molecular weight is 322 g/mol. The van der Waals surface area contributed by atoms with Gasteiger partial charge in [-0.15, -0.1) is 0 Å². The highest BCUT2D eigenvalue weighted by molar-refractivity contribution is 5.93. The van der Waals surface area contributed by atoms with E-state index in [9.17, 15) is 4.79 Å². The summed E-state index contributed by atoms with van der Waals surface area (Å²) in [6.07, 6.45) is 2.76. The summed E-state index contributed by atoms with van der Waals surface area (Å²) in [7, 11) is 0. The molecule has 1 saturated heterocycles. The molecule has 1 amide bonds. The van der Waals surface area contributed by atoms with E-state index >= 15 is 0 Å². The first kappa shape index (κ1) is 16.7. The summed E-state index contributed by atoms with van der Waals surface area (Å²) in [5.41, 5.74) is 2.36. The van der Waals surface area contributed by atoms with Gasteiger partial charge in [0, 0.05) is 31.2 Å². The first-order valence-corrected chi connectivity index (χ1v) is 8.91. The van der Waals surface area contributed by atoms with Crippen LogP contribution in [0.2, 0.25) is 0 Å². The third-order valence-electron chi connectivity index (χ3n) is 4.70. The fourth-order valence-electron chi connectivity index (χ4n) is 3.54. The Morgan fingerprint density at radius 1 is 1.08 bits per heavy atom. The van der Waals surface area contributed by atoms with Gasteiger partial charge in [0.1, 0.15) is 0 Å². The van der Waals surface area contributed by atoms with E-state index in [0.29, 0.717) is 6.42 Å². The van der Waals surface area contributed by atoms with E-state index in [1.807, 2.05) is 42.2 Å². The van der Waals surface area contributed by atoms with Gasteiger partial charge in [0.2, 0.25) is 5.91 Å². The van der Waals surface area contributed by atoms with Gasteiger partial charge in [-0.2, -0.15) is 0 Å². The van der Waals surface area contributed by atoms with E-state index in [-0.39, 0.29) is 11.9 Å². The number of para-hydroxylation sites is 1. The van der Waals surface area contributed by atoms with Gasteiger partial charge in [-0.25, -0.2) is 0 Å². The first-order valence-electron chi connectivity index (χ1n) is 8.91. The van der Waals surface area contributed by atoms with Gasteiger partial charge in [-0.3, -0.25) is 9.69 Å². The molecule has 3 rings (SSSR count). The van der Waals surface area contributed by atoms with E-state index in [0.717, 1.165) is 38.2 Å². The fraction of sp³-hybridized carbons (Fsp3) is 0.381. The maximum absolute atomic E-state index is 12.6. The molecule has 0 bridgehead atoms. The van der Waals surface area contributed by atoms with Crippen LogP contribution in [0.25, 0.3) is 0 Å². The lowest BCUT2D eigenvalue weighted by Crippen LogP contribution is -2.50. The first-order chi connectivity index (χ1) is 11.8. The van der Waals surface area contributed by atoms with Crippen molar-refractivity contribution in [3.8, 4) is 0 Å². The van der Waals surface area contributed by atoms with Crippen LogP contribution in [-0.4, -0.2) is 29.9 Å². The lowest BCUT2D eigenvalue weighted by molar-refractivity contribution is -0.119. The van der Waals surface area contributed by atoms with Gasteiger partial charge in [-0.1, -0.05) is 55.5 Å². The van der Waals surface area contributed by atoms with Crippen LogP contribution in [0, 0.1) is 0 Å². The van der Waals surface area contributed by atoms with Gasteiger partial charge in [0.05, 0.1) is 0 Å². The maximum Gasteiger partial charge on any atom is 0.227 e. The van der Waals surface area contributed by atoms with Gasteiger partial charge in [0.25, 0.3) is 0 Å². The molecule has 3 heteroatoms. The van der Waals surface area contributed by atoms with Crippen LogP contribution in [0.5, 0.6) is 0 Å². The van der Waals surface area contributed by atoms with Crippen molar-refractivity contribution in [2.75, 3.05) is 18.0 Å². The van der Waals surface area contributed by atoms with Crippen molar-refractivity contribution in [2.45, 2.75) is 38.8 Å². The van der Waals surface area contributed by atoms with Crippen molar-refractivity contribution in [3.05, 3.63) is 66.2 Å². The largest absolute Gasteiger partial charge is 0.308 e. The summed E-state index contributed by atoms with van der Waals surface area (Å²) >= 11 is 0. The van der Waals surface area contributed by atoms with Gasteiger partial charge < -0.3 is 4.90 Å². The number of benzene rings is 2. The molecule has 1 fully saturated rings. The van der Waals surface area contributed by atoms with E-state index in [2.05, 4.69) is 35.2 Å². The second-order valence-corrected chi connectivity index (χ2v) is 6.47. The number of hydrogen-bond acceptors (Lipinski definition) is 2. The third-order valence-corrected chi connectivity index (χ3v) is 4.70. The summed E-state index contributed by atoms with van der Waals surface area (Å²) in [5, 5.41) is 0. The number of nitrogens with zero attached hydrogens (tertiary/aromatic N) is 2. The monoisotopic (exact) mass is 322 g/mol. The van der Waals surface area contributed by atoms with Crippen LogP contribution in [0.3, 0.4) is 0 Å². The molecule has 24 heavy (non-hydrogen) atoms. The van der Waals surface area contributed by atoms with Crippen LogP contribution < -0.4 is 4.90 Å². The minimum Gasteiger partial charge on any atom is -0.308 e. The van der Waals surface area contributed by atoms with Gasteiger partial charge >= 0.3 is 0 Å². The maximum atomic E-state index is 12.6. The predicted molar refractivity (Wildman–Crippen MR) is 99.0 cm³/mol. The van der Waals surface area contributed by atoms with E-state index in [1.165, 1.54) is 5.56 Å². The van der Waals surface area contributed by atoms with E-state index in [1.54, 1.807) is 0 Å². The van der Waals surface area contributed by atoms with Crippen molar-refractivity contribution in [3.63, 3.8) is 0 Å². The zero-order valence-corrected chi connectivity index (χ0v) is 14.4. The number of carbonyl (C=O) groups is 1. The molecule has 0 radical (unpaired) electrons. The Balaban J connectivity index is 1.74. The topological polar surface area (TPSA) is 23.6 Å². The molecule has 126 valence electrons. The van der Waals surface area contributed by atoms with Crippen LogP contribution >= 0.6 is 0 Å². The van der Waals surface area contributed by atoms with Crippen molar-refractivity contribution in [1.29, 1.82) is 0 Å². The molecule has 0 aromatic heterocycles. The predicted octanol–water partition coefficient (Wildman–Crippen LogP) is 4.09. The number of piperidine rings is 1. The molecular weight excluding hydrogens is 296 g/mol. The molecule has 0 aliphatic carbocycles. The highest BCUT2D eigenvalue weighted by atomic mass is 16.2. The highest BCUT2D eigenvalue weighted by Gasteiger charge is 2.28. The minimum absolute atomic E-state index is 0.216. The highest BCUT2D eigenvalue weighted by Crippen LogP contribution is 2.24. The molecule has 1 aliphatic rings. The molecule has 0 unspecified atom stereocenters. The zero-order chi connectivity index (χ0) is 16.8. The summed E-state index contributed by atoms with van der Waals surface area (Å²) in [6, 6.07) is 21.0. The van der Waals surface area contributed by atoms with Crippen molar-refractivity contribution < 1.29 is 4.79 Å². The molecule has 1 heterocycles. The minimum atomic E-state index is 0.216. The Kier molecular flexibility index (Phi) is 5.65. The Morgan fingerprint density at radius 2 is 1.75 bits per heavy atom. The van der Waals surface area contributed by atoms with E-state index < -0.39 is 0 Å². The summed E-state index contributed by atoms with van der Waals surface area (Å²) in [6.45, 7) is 4.95. The average Bonchev–Trinajstić information content (AvgIpc) is 2.64.